The molecular weight excluding hydrogens is 350 g/mol. The molecule has 0 amide bonds. The highest BCUT2D eigenvalue weighted by Crippen LogP contribution is 2.43. The van der Waals surface area contributed by atoms with Gasteiger partial charge < -0.3 is 5.32 Å². The zero-order valence-electron chi connectivity index (χ0n) is 9.43. The van der Waals surface area contributed by atoms with Gasteiger partial charge in [-0.15, -0.1) is 11.3 Å². The van der Waals surface area contributed by atoms with Crippen LogP contribution in [0.25, 0.3) is 0 Å². The highest BCUT2D eigenvalue weighted by atomic mass is 79.9. The molecule has 1 aliphatic carbocycles. The molecule has 1 aromatic rings. The van der Waals surface area contributed by atoms with Crippen molar-refractivity contribution in [2.45, 2.75) is 38.6 Å². The number of halogens is 2. The third-order valence-corrected chi connectivity index (χ3v) is 5.64. The van der Waals surface area contributed by atoms with Crippen LogP contribution in [0.4, 0.5) is 0 Å². The van der Waals surface area contributed by atoms with Crippen molar-refractivity contribution in [3.05, 3.63) is 19.2 Å². The Morgan fingerprint density at radius 3 is 2.69 bits per heavy atom. The van der Waals surface area contributed by atoms with E-state index in [9.17, 15) is 0 Å². The maximum atomic E-state index is 3.70. The number of hydrogen-bond acceptors (Lipinski definition) is 2. The summed E-state index contributed by atoms with van der Waals surface area (Å²) in [4.78, 5) is 0. The van der Waals surface area contributed by atoms with Gasteiger partial charge in [0.15, 0.2) is 0 Å². The summed E-state index contributed by atoms with van der Waals surface area (Å²) in [6.07, 6.45) is 5.35. The van der Waals surface area contributed by atoms with Gasteiger partial charge in [0.05, 0.1) is 7.57 Å². The van der Waals surface area contributed by atoms with Crippen molar-refractivity contribution in [3.63, 3.8) is 0 Å². The first kappa shape index (κ1) is 13.1. The molecule has 0 aliphatic heterocycles. The van der Waals surface area contributed by atoms with Crippen LogP contribution in [0.1, 0.15) is 44.2 Å². The topological polar surface area (TPSA) is 12.0 Å². The van der Waals surface area contributed by atoms with Gasteiger partial charge in [-0.25, -0.2) is 0 Å². The van der Waals surface area contributed by atoms with E-state index < -0.39 is 0 Å². The third kappa shape index (κ3) is 2.89. The maximum Gasteiger partial charge on any atom is 0.0758 e. The molecule has 0 spiro atoms. The van der Waals surface area contributed by atoms with Gasteiger partial charge in [0.25, 0.3) is 0 Å². The lowest BCUT2D eigenvalue weighted by Crippen LogP contribution is -2.32. The Kier molecular flexibility index (Phi) is 4.89. The molecule has 1 heterocycles. The van der Waals surface area contributed by atoms with Gasteiger partial charge >= 0.3 is 0 Å². The van der Waals surface area contributed by atoms with Gasteiger partial charge in [-0.2, -0.15) is 0 Å². The zero-order valence-corrected chi connectivity index (χ0v) is 13.4. The van der Waals surface area contributed by atoms with Crippen LogP contribution >= 0.6 is 43.2 Å². The van der Waals surface area contributed by atoms with E-state index in [4.69, 9.17) is 0 Å². The van der Waals surface area contributed by atoms with Gasteiger partial charge in [0, 0.05) is 6.04 Å². The average Bonchev–Trinajstić information content (AvgIpc) is 2.49. The monoisotopic (exact) mass is 365 g/mol. The second-order valence-corrected chi connectivity index (χ2v) is 8.15. The van der Waals surface area contributed by atoms with Crippen molar-refractivity contribution in [3.8, 4) is 0 Å². The van der Waals surface area contributed by atoms with Gasteiger partial charge in [-0.1, -0.05) is 13.3 Å². The predicted octanol–water partition coefficient (Wildman–Crippen LogP) is 5.11. The van der Waals surface area contributed by atoms with Crippen molar-refractivity contribution >= 4 is 43.2 Å². The molecule has 90 valence electrons. The lowest BCUT2D eigenvalue weighted by atomic mass is 9.77. The van der Waals surface area contributed by atoms with Gasteiger partial charge in [-0.3, -0.25) is 0 Å². The van der Waals surface area contributed by atoms with Crippen molar-refractivity contribution in [2.24, 2.45) is 5.92 Å². The number of hydrogen-bond donors (Lipinski definition) is 1. The van der Waals surface area contributed by atoms with E-state index in [1.165, 1.54) is 38.8 Å². The molecular formula is C12H17Br2NS. The Labute approximate surface area is 118 Å². The molecule has 0 bridgehead atoms. The standard InChI is InChI=1S/C12H17Br2NS/c1-2-6-15-11(8-4-3-5-8)9-7-10(13)16-12(9)14/h7-8,11,15H,2-6H2,1H3. The van der Waals surface area contributed by atoms with E-state index in [-0.39, 0.29) is 0 Å². The van der Waals surface area contributed by atoms with Crippen molar-refractivity contribution in [1.82, 2.24) is 5.32 Å². The molecule has 0 aromatic carbocycles. The molecule has 4 heteroatoms. The van der Waals surface area contributed by atoms with Crippen LogP contribution in [0.3, 0.4) is 0 Å². The van der Waals surface area contributed by atoms with E-state index in [1.807, 2.05) is 0 Å². The third-order valence-electron chi connectivity index (χ3n) is 3.25. The molecule has 0 saturated heterocycles. The summed E-state index contributed by atoms with van der Waals surface area (Å²) in [6.45, 7) is 3.34. The number of thiophene rings is 1. The summed E-state index contributed by atoms with van der Waals surface area (Å²) < 4.78 is 2.50. The predicted molar refractivity (Wildman–Crippen MR) is 78.1 cm³/mol. The van der Waals surface area contributed by atoms with Gasteiger partial charge in [-0.05, 0) is 75.2 Å². The van der Waals surface area contributed by atoms with E-state index in [2.05, 4.69) is 50.2 Å². The summed E-state index contributed by atoms with van der Waals surface area (Å²) in [5.41, 5.74) is 1.44. The molecule has 1 atom stereocenters. The van der Waals surface area contributed by atoms with Crippen LogP contribution in [0.2, 0.25) is 0 Å². The Morgan fingerprint density at radius 1 is 1.50 bits per heavy atom. The summed E-state index contributed by atoms with van der Waals surface area (Å²) >= 11 is 9.03. The Morgan fingerprint density at radius 2 is 2.25 bits per heavy atom. The van der Waals surface area contributed by atoms with Crippen LogP contribution in [-0.4, -0.2) is 6.54 Å². The van der Waals surface area contributed by atoms with E-state index in [0.717, 1.165) is 12.5 Å². The fourth-order valence-corrected chi connectivity index (χ4v) is 5.10. The minimum Gasteiger partial charge on any atom is -0.310 e. The van der Waals surface area contributed by atoms with E-state index in [0.29, 0.717) is 6.04 Å². The first-order valence-corrected chi connectivity index (χ1v) is 8.30. The fraction of sp³-hybridized carbons (Fsp3) is 0.667. The van der Waals surface area contributed by atoms with Crippen LogP contribution in [0, 0.1) is 5.92 Å². The summed E-state index contributed by atoms with van der Waals surface area (Å²) in [5.74, 6) is 0.837. The molecule has 1 saturated carbocycles. The molecule has 0 radical (unpaired) electrons. The number of rotatable bonds is 5. The fourth-order valence-electron chi connectivity index (χ4n) is 2.17. The van der Waals surface area contributed by atoms with Crippen molar-refractivity contribution < 1.29 is 0 Å². The van der Waals surface area contributed by atoms with Crippen molar-refractivity contribution in [1.29, 1.82) is 0 Å². The second kappa shape index (κ2) is 5.98. The Hall–Kier alpha value is 0.620. The van der Waals surface area contributed by atoms with Crippen LogP contribution in [0.15, 0.2) is 13.6 Å². The second-order valence-electron chi connectivity index (χ2n) is 4.40. The normalized spacial score (nSPS) is 18.4. The molecule has 16 heavy (non-hydrogen) atoms. The highest BCUT2D eigenvalue weighted by molar-refractivity contribution is 9.12. The average molecular weight is 367 g/mol. The smallest absolute Gasteiger partial charge is 0.0758 e. The largest absolute Gasteiger partial charge is 0.310 e. The molecule has 1 unspecified atom stereocenters. The molecule has 2 rings (SSSR count). The lowest BCUT2D eigenvalue weighted by Gasteiger charge is -2.34. The summed E-state index contributed by atoms with van der Waals surface area (Å²) in [5, 5.41) is 3.70. The lowest BCUT2D eigenvalue weighted by molar-refractivity contribution is 0.231. The first-order valence-electron chi connectivity index (χ1n) is 5.90. The molecule has 1 aromatic heterocycles. The van der Waals surface area contributed by atoms with E-state index in [1.54, 1.807) is 11.3 Å². The maximum absolute atomic E-state index is 3.70. The zero-order chi connectivity index (χ0) is 11.5. The summed E-state index contributed by atoms with van der Waals surface area (Å²) in [7, 11) is 0. The highest BCUT2D eigenvalue weighted by Gasteiger charge is 2.30. The molecule has 1 aliphatic rings. The first-order chi connectivity index (χ1) is 7.72. The van der Waals surface area contributed by atoms with Crippen molar-refractivity contribution in [2.75, 3.05) is 6.54 Å². The molecule has 1 nitrogen and oxygen atoms in total. The Bertz CT molecular complexity index is 347. The van der Waals surface area contributed by atoms with E-state index >= 15 is 0 Å². The minimum atomic E-state index is 0.547. The Balaban J connectivity index is 2.13. The quantitative estimate of drug-likeness (QED) is 0.762. The van der Waals surface area contributed by atoms with Gasteiger partial charge in [0.2, 0.25) is 0 Å². The van der Waals surface area contributed by atoms with Gasteiger partial charge in [0.1, 0.15) is 0 Å². The number of nitrogens with one attached hydrogen (secondary N) is 1. The SMILES string of the molecule is CCCNC(c1cc(Br)sc1Br)C1CCC1. The van der Waals surface area contributed by atoms with Crippen LogP contribution in [-0.2, 0) is 0 Å². The summed E-state index contributed by atoms with van der Waals surface area (Å²) in [6, 6.07) is 2.81. The molecule has 1 fully saturated rings. The minimum absolute atomic E-state index is 0.547. The van der Waals surface area contributed by atoms with Crippen LogP contribution < -0.4 is 5.32 Å². The molecule has 1 N–H and O–H groups in total. The van der Waals surface area contributed by atoms with Crippen LogP contribution in [0.5, 0.6) is 0 Å².